The van der Waals surface area contributed by atoms with Crippen LogP contribution in [0.1, 0.15) is 31.4 Å². The van der Waals surface area contributed by atoms with Crippen molar-refractivity contribution in [2.45, 2.75) is 37.8 Å². The van der Waals surface area contributed by atoms with E-state index in [1.54, 1.807) is 12.3 Å². The topological polar surface area (TPSA) is 49.2 Å². The number of hydrogen-bond acceptors (Lipinski definition) is 4. The molecule has 1 saturated carbocycles. The summed E-state index contributed by atoms with van der Waals surface area (Å²) in [5, 5.41) is 9.50. The van der Waals surface area contributed by atoms with Crippen LogP contribution in [0.5, 0.6) is 0 Å². The molecule has 1 N–H and O–H groups in total. The number of aromatic nitrogens is 2. The van der Waals surface area contributed by atoms with Crippen molar-refractivity contribution in [1.29, 1.82) is 0 Å². The zero-order valence-electron chi connectivity index (χ0n) is 10.2. The largest absolute Gasteiger partial charge is 0.393 e. The number of hydrogen-bond donors (Lipinski definition) is 1. The van der Waals surface area contributed by atoms with Crippen LogP contribution < -0.4 is 4.90 Å². The van der Waals surface area contributed by atoms with Gasteiger partial charge < -0.3 is 10.0 Å². The lowest BCUT2D eigenvalue weighted by atomic mass is 9.92. The zero-order valence-corrected chi connectivity index (χ0v) is 10.2. The van der Waals surface area contributed by atoms with Crippen molar-refractivity contribution < 1.29 is 5.11 Å². The Balaban J connectivity index is 2.08. The SMILES string of the molecule is C=Cc1ccnc(N(C)C2CCC(O)CC2)n1. The highest BCUT2D eigenvalue weighted by Gasteiger charge is 2.23. The highest BCUT2D eigenvalue weighted by molar-refractivity contribution is 5.44. The maximum Gasteiger partial charge on any atom is 0.225 e. The van der Waals surface area contributed by atoms with E-state index in [9.17, 15) is 5.11 Å². The van der Waals surface area contributed by atoms with Crippen molar-refractivity contribution in [3.8, 4) is 0 Å². The molecular formula is C13H19N3O. The predicted octanol–water partition coefficient (Wildman–Crippen LogP) is 1.86. The van der Waals surface area contributed by atoms with E-state index < -0.39 is 0 Å². The van der Waals surface area contributed by atoms with Crippen molar-refractivity contribution in [3.63, 3.8) is 0 Å². The molecule has 0 radical (unpaired) electrons. The lowest BCUT2D eigenvalue weighted by Crippen LogP contribution is -2.37. The van der Waals surface area contributed by atoms with Gasteiger partial charge in [-0.2, -0.15) is 0 Å². The fraction of sp³-hybridized carbons (Fsp3) is 0.538. The number of anilines is 1. The van der Waals surface area contributed by atoms with Gasteiger partial charge in [-0.15, -0.1) is 0 Å². The summed E-state index contributed by atoms with van der Waals surface area (Å²) in [6.07, 6.45) is 7.10. The van der Waals surface area contributed by atoms with Gasteiger partial charge in [0.1, 0.15) is 0 Å². The molecule has 17 heavy (non-hydrogen) atoms. The molecule has 0 spiro atoms. The third-order valence-electron chi connectivity index (χ3n) is 3.40. The maximum atomic E-state index is 9.50. The molecule has 0 aliphatic heterocycles. The van der Waals surface area contributed by atoms with Crippen LogP contribution in [0.2, 0.25) is 0 Å². The fourth-order valence-electron chi connectivity index (χ4n) is 2.25. The van der Waals surface area contributed by atoms with Crippen LogP contribution in [0, 0.1) is 0 Å². The molecule has 1 fully saturated rings. The van der Waals surface area contributed by atoms with Gasteiger partial charge >= 0.3 is 0 Å². The first-order chi connectivity index (χ1) is 8.20. The van der Waals surface area contributed by atoms with Gasteiger partial charge in [-0.1, -0.05) is 6.58 Å². The van der Waals surface area contributed by atoms with Crippen LogP contribution in [0.25, 0.3) is 6.08 Å². The molecule has 1 aliphatic rings. The van der Waals surface area contributed by atoms with Crippen LogP contribution >= 0.6 is 0 Å². The molecule has 0 bridgehead atoms. The lowest BCUT2D eigenvalue weighted by molar-refractivity contribution is 0.122. The molecule has 1 aromatic heterocycles. The second kappa shape index (κ2) is 5.27. The van der Waals surface area contributed by atoms with Crippen LogP contribution in [-0.4, -0.2) is 34.3 Å². The number of aliphatic hydroxyl groups is 1. The first-order valence-electron chi connectivity index (χ1n) is 6.07. The minimum Gasteiger partial charge on any atom is -0.393 e. The highest BCUT2D eigenvalue weighted by atomic mass is 16.3. The normalized spacial score (nSPS) is 24.4. The van der Waals surface area contributed by atoms with Gasteiger partial charge in [0.25, 0.3) is 0 Å². The molecule has 92 valence electrons. The summed E-state index contributed by atoms with van der Waals surface area (Å²) in [4.78, 5) is 10.8. The summed E-state index contributed by atoms with van der Waals surface area (Å²) in [5.41, 5.74) is 0.845. The minimum absolute atomic E-state index is 0.125. The summed E-state index contributed by atoms with van der Waals surface area (Å²) in [6, 6.07) is 2.27. The quantitative estimate of drug-likeness (QED) is 0.865. The Bertz CT molecular complexity index is 386. The summed E-state index contributed by atoms with van der Waals surface area (Å²) in [6.45, 7) is 3.71. The Labute approximate surface area is 102 Å². The van der Waals surface area contributed by atoms with Gasteiger partial charge in [0.05, 0.1) is 11.8 Å². The Morgan fingerprint density at radius 2 is 2.12 bits per heavy atom. The van der Waals surface area contributed by atoms with Crippen molar-refractivity contribution in [1.82, 2.24) is 9.97 Å². The van der Waals surface area contributed by atoms with E-state index >= 15 is 0 Å². The van der Waals surface area contributed by atoms with E-state index in [0.29, 0.717) is 6.04 Å². The third kappa shape index (κ3) is 2.82. The molecule has 0 unspecified atom stereocenters. The molecule has 1 heterocycles. The molecule has 0 atom stereocenters. The molecule has 1 aromatic rings. The average molecular weight is 233 g/mol. The Morgan fingerprint density at radius 3 is 2.76 bits per heavy atom. The number of nitrogens with zero attached hydrogens (tertiary/aromatic N) is 3. The predicted molar refractivity (Wildman–Crippen MR) is 68.8 cm³/mol. The minimum atomic E-state index is -0.125. The summed E-state index contributed by atoms with van der Waals surface area (Å²) >= 11 is 0. The van der Waals surface area contributed by atoms with Crippen LogP contribution in [0.4, 0.5) is 5.95 Å². The van der Waals surface area contributed by atoms with E-state index in [-0.39, 0.29) is 6.10 Å². The number of aliphatic hydroxyl groups excluding tert-OH is 1. The Morgan fingerprint density at radius 1 is 1.41 bits per heavy atom. The van der Waals surface area contributed by atoms with Gasteiger partial charge in [0, 0.05) is 19.3 Å². The van der Waals surface area contributed by atoms with E-state index in [0.717, 1.165) is 37.3 Å². The highest BCUT2D eigenvalue weighted by Crippen LogP contribution is 2.24. The molecule has 2 rings (SSSR count). The van der Waals surface area contributed by atoms with Gasteiger partial charge in [-0.05, 0) is 37.8 Å². The second-order valence-electron chi connectivity index (χ2n) is 4.56. The van der Waals surface area contributed by atoms with Gasteiger partial charge in [0.2, 0.25) is 5.95 Å². The summed E-state index contributed by atoms with van der Waals surface area (Å²) < 4.78 is 0. The van der Waals surface area contributed by atoms with Crippen molar-refractivity contribution in [2.24, 2.45) is 0 Å². The second-order valence-corrected chi connectivity index (χ2v) is 4.56. The van der Waals surface area contributed by atoms with Crippen LogP contribution in [-0.2, 0) is 0 Å². The van der Waals surface area contributed by atoms with E-state index in [1.807, 2.05) is 13.1 Å². The Hall–Kier alpha value is -1.42. The smallest absolute Gasteiger partial charge is 0.225 e. The molecule has 0 aromatic carbocycles. The fourth-order valence-corrected chi connectivity index (χ4v) is 2.25. The molecule has 0 saturated heterocycles. The maximum absolute atomic E-state index is 9.50. The summed E-state index contributed by atoms with van der Waals surface area (Å²) in [7, 11) is 2.02. The molecule has 4 nitrogen and oxygen atoms in total. The van der Waals surface area contributed by atoms with E-state index in [2.05, 4.69) is 21.4 Å². The molecule has 4 heteroatoms. The zero-order chi connectivity index (χ0) is 12.3. The van der Waals surface area contributed by atoms with Gasteiger partial charge in [-0.3, -0.25) is 0 Å². The van der Waals surface area contributed by atoms with Gasteiger partial charge in [-0.25, -0.2) is 9.97 Å². The Kier molecular flexibility index (Phi) is 3.74. The summed E-state index contributed by atoms with van der Waals surface area (Å²) in [5.74, 6) is 0.740. The van der Waals surface area contributed by atoms with Crippen molar-refractivity contribution in [3.05, 3.63) is 24.5 Å². The number of rotatable bonds is 3. The standard InChI is InChI=1S/C13H19N3O/c1-3-10-8-9-14-13(15-10)16(2)11-4-6-12(17)7-5-11/h3,8-9,11-12,17H,1,4-7H2,2H3. The van der Waals surface area contributed by atoms with E-state index in [4.69, 9.17) is 0 Å². The molecule has 0 amide bonds. The average Bonchev–Trinajstić information content (AvgIpc) is 2.39. The van der Waals surface area contributed by atoms with Gasteiger partial charge in [0.15, 0.2) is 0 Å². The molecular weight excluding hydrogens is 214 g/mol. The van der Waals surface area contributed by atoms with Crippen molar-refractivity contribution in [2.75, 3.05) is 11.9 Å². The van der Waals surface area contributed by atoms with Crippen LogP contribution in [0.15, 0.2) is 18.8 Å². The van der Waals surface area contributed by atoms with E-state index in [1.165, 1.54) is 0 Å². The first kappa shape index (κ1) is 12.0. The monoisotopic (exact) mass is 233 g/mol. The van der Waals surface area contributed by atoms with Crippen LogP contribution in [0.3, 0.4) is 0 Å². The third-order valence-corrected chi connectivity index (χ3v) is 3.40. The molecule has 1 aliphatic carbocycles. The van der Waals surface area contributed by atoms with Crippen molar-refractivity contribution >= 4 is 12.0 Å². The lowest BCUT2D eigenvalue weighted by Gasteiger charge is -2.33. The first-order valence-corrected chi connectivity index (χ1v) is 6.07.